The third kappa shape index (κ3) is 1.65. The Bertz CT molecular complexity index is 1100. The smallest absolute Gasteiger partial charge is 0.110 e. The minimum atomic E-state index is -0.911. The lowest BCUT2D eigenvalue weighted by Gasteiger charge is -2.26. The summed E-state index contributed by atoms with van der Waals surface area (Å²) in [6.07, 6.45) is 1.80. The molecule has 0 aromatic heterocycles. The van der Waals surface area contributed by atoms with E-state index in [-0.39, 0.29) is 0 Å². The van der Waals surface area contributed by atoms with E-state index in [1.807, 2.05) is 6.08 Å². The summed E-state index contributed by atoms with van der Waals surface area (Å²) in [6.45, 7) is 0. The Morgan fingerprint density at radius 1 is 0.826 bits per heavy atom. The van der Waals surface area contributed by atoms with Crippen LogP contribution in [0.15, 0.2) is 53.0 Å². The molecule has 2 N–H and O–H groups in total. The topological polar surface area (TPSA) is 40.5 Å². The SMILES string of the molecule is O[C@@H]1C=Cc2c(c(Br)c3ccc4cccc5ccc2c3c45)[C@H]1O. The molecule has 0 amide bonds. The van der Waals surface area contributed by atoms with Crippen molar-refractivity contribution in [1.29, 1.82) is 0 Å². The highest BCUT2D eigenvalue weighted by Crippen LogP contribution is 2.45. The number of aliphatic hydroxyl groups is 2. The van der Waals surface area contributed by atoms with Gasteiger partial charge in [-0.3, -0.25) is 0 Å². The highest BCUT2D eigenvalue weighted by Gasteiger charge is 2.28. The number of halogens is 1. The van der Waals surface area contributed by atoms with Crippen LogP contribution in [0.2, 0.25) is 0 Å². The van der Waals surface area contributed by atoms with Gasteiger partial charge in [0.25, 0.3) is 0 Å². The van der Waals surface area contributed by atoms with Crippen LogP contribution in [0, 0.1) is 0 Å². The standard InChI is InChI=1S/C20H13BrO2/c21-19-14-7-5-11-3-1-2-10-4-6-12(17(14)16(10)11)13-8-9-15(22)20(23)18(13)19/h1-9,15,20,22-23H/t15-,20+/m1/s1. The molecule has 2 nitrogen and oxygen atoms in total. The lowest BCUT2D eigenvalue weighted by Crippen LogP contribution is -2.20. The van der Waals surface area contributed by atoms with E-state index in [1.54, 1.807) is 6.08 Å². The number of hydrogen-bond donors (Lipinski definition) is 2. The van der Waals surface area contributed by atoms with E-state index in [0.717, 1.165) is 26.4 Å². The van der Waals surface area contributed by atoms with Crippen LogP contribution in [0.25, 0.3) is 38.4 Å². The average molecular weight is 365 g/mol. The minimum absolute atomic E-state index is 0.769. The predicted octanol–water partition coefficient (Wildman–Crippen LogP) is 4.77. The van der Waals surface area contributed by atoms with Crippen LogP contribution in [0.1, 0.15) is 17.2 Å². The van der Waals surface area contributed by atoms with Gasteiger partial charge in [-0.05, 0) is 53.8 Å². The molecule has 3 heteroatoms. The Balaban J connectivity index is 2.10. The molecule has 0 unspecified atom stereocenters. The Morgan fingerprint density at radius 2 is 1.52 bits per heavy atom. The second-order valence-electron chi connectivity index (χ2n) is 6.12. The zero-order valence-corrected chi connectivity index (χ0v) is 13.7. The Morgan fingerprint density at radius 3 is 2.26 bits per heavy atom. The lowest BCUT2D eigenvalue weighted by molar-refractivity contribution is 0.0467. The first-order valence-corrected chi connectivity index (χ1v) is 8.39. The Hall–Kier alpha value is -1.94. The zero-order chi connectivity index (χ0) is 15.7. The van der Waals surface area contributed by atoms with E-state index in [1.165, 1.54) is 21.5 Å². The quantitative estimate of drug-likeness (QED) is 0.441. The van der Waals surface area contributed by atoms with Crippen molar-refractivity contribution >= 4 is 54.3 Å². The van der Waals surface area contributed by atoms with Gasteiger partial charge in [-0.1, -0.05) is 54.6 Å². The number of rotatable bonds is 0. The maximum Gasteiger partial charge on any atom is 0.110 e. The molecule has 0 heterocycles. The maximum atomic E-state index is 10.5. The van der Waals surface area contributed by atoms with Gasteiger partial charge in [-0.2, -0.15) is 0 Å². The second kappa shape index (κ2) is 4.54. The Labute approximate surface area is 141 Å². The second-order valence-corrected chi connectivity index (χ2v) is 6.91. The molecule has 0 spiro atoms. The van der Waals surface area contributed by atoms with E-state index in [9.17, 15) is 10.2 Å². The summed E-state index contributed by atoms with van der Waals surface area (Å²) >= 11 is 3.67. The van der Waals surface area contributed by atoms with Crippen molar-refractivity contribution in [3.8, 4) is 0 Å². The molecule has 0 aliphatic heterocycles. The molecule has 1 aliphatic carbocycles. The van der Waals surface area contributed by atoms with Crippen molar-refractivity contribution in [1.82, 2.24) is 0 Å². The summed E-state index contributed by atoms with van der Waals surface area (Å²) < 4.78 is 0.870. The van der Waals surface area contributed by atoms with E-state index >= 15 is 0 Å². The van der Waals surface area contributed by atoms with Crippen molar-refractivity contribution < 1.29 is 10.2 Å². The molecule has 112 valence electrons. The van der Waals surface area contributed by atoms with Crippen molar-refractivity contribution in [3.05, 3.63) is 64.1 Å². The highest BCUT2D eigenvalue weighted by atomic mass is 79.9. The molecule has 23 heavy (non-hydrogen) atoms. The van der Waals surface area contributed by atoms with Crippen LogP contribution in [-0.2, 0) is 0 Å². The maximum absolute atomic E-state index is 10.5. The molecule has 0 fully saturated rings. The van der Waals surface area contributed by atoms with Gasteiger partial charge >= 0.3 is 0 Å². The van der Waals surface area contributed by atoms with Gasteiger partial charge in [-0.25, -0.2) is 0 Å². The summed E-state index contributed by atoms with van der Waals surface area (Å²) in [7, 11) is 0. The molecule has 0 bridgehead atoms. The summed E-state index contributed by atoms with van der Waals surface area (Å²) in [6, 6.07) is 14.8. The number of fused-ring (bicyclic) bond motifs is 2. The first-order valence-electron chi connectivity index (χ1n) is 7.60. The fourth-order valence-electron chi connectivity index (χ4n) is 3.84. The molecule has 2 atom stereocenters. The van der Waals surface area contributed by atoms with Gasteiger partial charge in [0.05, 0.1) is 0 Å². The van der Waals surface area contributed by atoms with Gasteiger partial charge in [-0.15, -0.1) is 0 Å². The van der Waals surface area contributed by atoms with E-state index in [2.05, 4.69) is 58.4 Å². The fraction of sp³-hybridized carbons (Fsp3) is 0.100. The monoisotopic (exact) mass is 364 g/mol. The fourth-order valence-corrected chi connectivity index (χ4v) is 4.62. The number of aliphatic hydroxyl groups excluding tert-OH is 2. The summed E-state index contributed by atoms with van der Waals surface area (Å²) in [5.41, 5.74) is 1.76. The van der Waals surface area contributed by atoms with E-state index < -0.39 is 12.2 Å². The van der Waals surface area contributed by atoms with Crippen LogP contribution >= 0.6 is 15.9 Å². The average Bonchev–Trinajstić information content (AvgIpc) is 2.57. The van der Waals surface area contributed by atoms with Gasteiger partial charge in [0, 0.05) is 10.0 Å². The van der Waals surface area contributed by atoms with Crippen LogP contribution in [0.5, 0.6) is 0 Å². The molecule has 5 rings (SSSR count). The molecular formula is C20H13BrO2. The van der Waals surface area contributed by atoms with E-state index in [4.69, 9.17) is 0 Å². The minimum Gasteiger partial charge on any atom is -0.386 e. The van der Waals surface area contributed by atoms with Gasteiger partial charge < -0.3 is 10.2 Å². The van der Waals surface area contributed by atoms with Gasteiger partial charge in [0.15, 0.2) is 0 Å². The molecule has 1 aliphatic rings. The van der Waals surface area contributed by atoms with Gasteiger partial charge in [0.1, 0.15) is 12.2 Å². The molecule has 4 aromatic carbocycles. The first-order chi connectivity index (χ1) is 11.2. The molecule has 0 saturated heterocycles. The van der Waals surface area contributed by atoms with Gasteiger partial charge in [0.2, 0.25) is 0 Å². The molecule has 0 saturated carbocycles. The first kappa shape index (κ1) is 13.5. The third-order valence-electron chi connectivity index (χ3n) is 4.91. The Kier molecular flexibility index (Phi) is 2.66. The molecule has 0 radical (unpaired) electrons. The number of benzene rings is 4. The number of hydrogen-bond acceptors (Lipinski definition) is 2. The third-order valence-corrected chi connectivity index (χ3v) is 5.76. The van der Waals surface area contributed by atoms with Crippen molar-refractivity contribution in [2.24, 2.45) is 0 Å². The van der Waals surface area contributed by atoms with Crippen LogP contribution in [0.4, 0.5) is 0 Å². The summed E-state index contributed by atoms with van der Waals surface area (Å²) in [5.74, 6) is 0. The largest absolute Gasteiger partial charge is 0.386 e. The molecular weight excluding hydrogens is 352 g/mol. The van der Waals surface area contributed by atoms with Crippen LogP contribution < -0.4 is 0 Å². The zero-order valence-electron chi connectivity index (χ0n) is 12.1. The summed E-state index contributed by atoms with van der Waals surface area (Å²) in [5, 5.41) is 27.5. The van der Waals surface area contributed by atoms with Crippen molar-refractivity contribution in [2.75, 3.05) is 0 Å². The highest BCUT2D eigenvalue weighted by molar-refractivity contribution is 9.10. The predicted molar refractivity (Wildman–Crippen MR) is 97.8 cm³/mol. The normalized spacial score (nSPS) is 20.7. The van der Waals surface area contributed by atoms with Crippen LogP contribution in [-0.4, -0.2) is 16.3 Å². The van der Waals surface area contributed by atoms with Crippen molar-refractivity contribution in [3.63, 3.8) is 0 Å². The summed E-state index contributed by atoms with van der Waals surface area (Å²) in [4.78, 5) is 0. The molecule has 4 aromatic rings. The lowest BCUT2D eigenvalue weighted by atomic mass is 9.84. The van der Waals surface area contributed by atoms with Crippen molar-refractivity contribution in [2.45, 2.75) is 12.2 Å². The van der Waals surface area contributed by atoms with Crippen LogP contribution in [0.3, 0.4) is 0 Å². The van der Waals surface area contributed by atoms with E-state index in [0.29, 0.717) is 0 Å².